The second-order valence-corrected chi connectivity index (χ2v) is 7.77. The number of amides is 1. The Bertz CT molecular complexity index is 1230. The number of aromatic nitrogens is 4. The number of ether oxygens (including phenoxy) is 1. The van der Waals surface area contributed by atoms with Crippen LogP contribution in [0.1, 0.15) is 47.0 Å². The number of nitrogens with zero attached hydrogens (tertiary/aromatic N) is 4. The minimum absolute atomic E-state index is 0.0593. The second kappa shape index (κ2) is 8.28. The zero-order chi connectivity index (χ0) is 21.2. The van der Waals surface area contributed by atoms with E-state index in [0.717, 1.165) is 48.2 Å². The highest BCUT2D eigenvalue weighted by atomic mass is 16.5. The summed E-state index contributed by atoms with van der Waals surface area (Å²) in [5.74, 6) is -0.459. The normalized spacial score (nSPS) is 16.5. The maximum absolute atomic E-state index is 12.2. The summed E-state index contributed by atoms with van der Waals surface area (Å²) in [6.45, 7) is 0.743. The molecule has 1 aliphatic heterocycles. The number of hydrogen-bond donors (Lipinski definition) is 1. The molecule has 2 aromatic carbocycles. The van der Waals surface area contributed by atoms with Crippen LogP contribution in [0.3, 0.4) is 0 Å². The first kappa shape index (κ1) is 19.4. The number of hydrogen-bond acceptors (Lipinski definition) is 5. The van der Waals surface area contributed by atoms with Gasteiger partial charge in [0, 0.05) is 17.7 Å². The van der Waals surface area contributed by atoms with E-state index in [0.29, 0.717) is 23.2 Å². The van der Waals surface area contributed by atoms with Crippen LogP contribution in [-0.2, 0) is 11.2 Å². The Labute approximate surface area is 179 Å². The van der Waals surface area contributed by atoms with E-state index in [1.54, 1.807) is 12.4 Å². The van der Waals surface area contributed by atoms with E-state index in [2.05, 4.69) is 15.0 Å². The fourth-order valence-electron chi connectivity index (χ4n) is 4.14. The molecule has 5 rings (SSSR count). The van der Waals surface area contributed by atoms with Crippen LogP contribution in [0.5, 0.6) is 0 Å². The highest BCUT2D eigenvalue weighted by molar-refractivity contribution is 5.97. The smallest absolute Gasteiger partial charge is 0.249 e. The van der Waals surface area contributed by atoms with E-state index >= 15 is 0 Å². The molecule has 1 aliphatic rings. The van der Waals surface area contributed by atoms with Crippen LogP contribution >= 0.6 is 0 Å². The SMILES string of the molecule is NC(=O)c1cc(-c2ncnc3c2ncn3C2CCCCO2)ccc1Cc1ccccc1. The molecule has 0 saturated carbocycles. The van der Waals surface area contributed by atoms with E-state index in [1.165, 1.54) is 6.33 Å². The van der Waals surface area contributed by atoms with Gasteiger partial charge in [-0.3, -0.25) is 9.36 Å². The molecule has 31 heavy (non-hydrogen) atoms. The maximum Gasteiger partial charge on any atom is 0.249 e. The Kier molecular flexibility index (Phi) is 5.18. The van der Waals surface area contributed by atoms with Crippen LogP contribution in [0.2, 0.25) is 0 Å². The average molecular weight is 413 g/mol. The van der Waals surface area contributed by atoms with Crippen molar-refractivity contribution in [3.8, 4) is 11.3 Å². The lowest BCUT2D eigenvalue weighted by Gasteiger charge is -2.23. The van der Waals surface area contributed by atoms with E-state index in [4.69, 9.17) is 10.5 Å². The van der Waals surface area contributed by atoms with Crippen molar-refractivity contribution >= 4 is 17.1 Å². The van der Waals surface area contributed by atoms with Crippen molar-refractivity contribution in [2.75, 3.05) is 6.61 Å². The molecule has 7 nitrogen and oxygen atoms in total. The summed E-state index contributed by atoms with van der Waals surface area (Å²) in [5, 5.41) is 0. The second-order valence-electron chi connectivity index (χ2n) is 7.77. The summed E-state index contributed by atoms with van der Waals surface area (Å²) in [6.07, 6.45) is 6.99. The lowest BCUT2D eigenvalue weighted by Crippen LogP contribution is -2.17. The van der Waals surface area contributed by atoms with Gasteiger partial charge in [0.1, 0.15) is 23.8 Å². The summed E-state index contributed by atoms with van der Waals surface area (Å²) in [4.78, 5) is 25.7. The highest BCUT2D eigenvalue weighted by Gasteiger charge is 2.21. The Morgan fingerprint density at radius 1 is 1.10 bits per heavy atom. The van der Waals surface area contributed by atoms with Crippen LogP contribution in [0.15, 0.2) is 61.2 Å². The van der Waals surface area contributed by atoms with Gasteiger partial charge in [-0.2, -0.15) is 0 Å². The van der Waals surface area contributed by atoms with Crippen LogP contribution < -0.4 is 5.73 Å². The molecule has 1 amide bonds. The lowest BCUT2D eigenvalue weighted by atomic mass is 9.96. The first-order valence-electron chi connectivity index (χ1n) is 10.5. The van der Waals surface area contributed by atoms with Gasteiger partial charge in [-0.05, 0) is 42.9 Å². The van der Waals surface area contributed by atoms with Gasteiger partial charge < -0.3 is 10.5 Å². The molecule has 4 aromatic rings. The summed E-state index contributed by atoms with van der Waals surface area (Å²) in [7, 11) is 0. The predicted octanol–water partition coefficient (Wildman–Crippen LogP) is 3.88. The highest BCUT2D eigenvalue weighted by Crippen LogP contribution is 2.30. The molecule has 0 radical (unpaired) electrons. The van der Waals surface area contributed by atoms with Gasteiger partial charge in [-0.1, -0.05) is 42.5 Å². The van der Waals surface area contributed by atoms with Crippen LogP contribution in [-0.4, -0.2) is 32.0 Å². The van der Waals surface area contributed by atoms with Crippen molar-refractivity contribution in [1.82, 2.24) is 19.5 Å². The topological polar surface area (TPSA) is 95.9 Å². The molecule has 3 heterocycles. The van der Waals surface area contributed by atoms with E-state index in [-0.39, 0.29) is 6.23 Å². The Hall–Kier alpha value is -3.58. The zero-order valence-electron chi connectivity index (χ0n) is 17.1. The number of nitrogens with two attached hydrogens (primary N) is 1. The van der Waals surface area contributed by atoms with E-state index in [1.807, 2.05) is 47.0 Å². The molecule has 2 aromatic heterocycles. The van der Waals surface area contributed by atoms with Crippen LogP contribution in [0, 0.1) is 0 Å². The number of imidazole rings is 1. The van der Waals surface area contributed by atoms with Crippen molar-refractivity contribution in [2.45, 2.75) is 31.9 Å². The molecule has 0 spiro atoms. The third-order valence-electron chi connectivity index (χ3n) is 5.71. The molecule has 1 atom stereocenters. The predicted molar refractivity (Wildman–Crippen MR) is 117 cm³/mol. The summed E-state index contributed by atoms with van der Waals surface area (Å²) >= 11 is 0. The van der Waals surface area contributed by atoms with Crippen molar-refractivity contribution < 1.29 is 9.53 Å². The van der Waals surface area contributed by atoms with Gasteiger partial charge in [0.2, 0.25) is 5.91 Å². The number of benzene rings is 2. The van der Waals surface area contributed by atoms with Crippen LogP contribution in [0.25, 0.3) is 22.4 Å². The monoisotopic (exact) mass is 413 g/mol. The number of primary amides is 1. The number of rotatable bonds is 5. The fourth-order valence-corrected chi connectivity index (χ4v) is 4.14. The molecule has 1 unspecified atom stereocenters. The molecule has 1 saturated heterocycles. The average Bonchev–Trinajstić information content (AvgIpc) is 3.25. The zero-order valence-corrected chi connectivity index (χ0v) is 17.1. The number of carbonyl (C=O) groups is 1. The molecule has 0 bridgehead atoms. The molecular formula is C24H23N5O2. The third kappa shape index (κ3) is 3.80. The first-order valence-corrected chi connectivity index (χ1v) is 10.5. The summed E-state index contributed by atoms with van der Waals surface area (Å²) in [6, 6.07) is 15.7. The van der Waals surface area contributed by atoms with Gasteiger partial charge in [-0.15, -0.1) is 0 Å². The van der Waals surface area contributed by atoms with E-state index < -0.39 is 5.91 Å². The Balaban J connectivity index is 1.54. The maximum atomic E-state index is 12.2. The summed E-state index contributed by atoms with van der Waals surface area (Å²) in [5.41, 5.74) is 11.1. The van der Waals surface area contributed by atoms with Crippen molar-refractivity contribution in [1.29, 1.82) is 0 Å². The number of carbonyl (C=O) groups excluding carboxylic acids is 1. The van der Waals surface area contributed by atoms with Gasteiger partial charge in [-0.25, -0.2) is 15.0 Å². The molecule has 7 heteroatoms. The van der Waals surface area contributed by atoms with E-state index in [9.17, 15) is 4.79 Å². The van der Waals surface area contributed by atoms with Crippen molar-refractivity contribution in [3.63, 3.8) is 0 Å². The Morgan fingerprint density at radius 2 is 1.97 bits per heavy atom. The van der Waals surface area contributed by atoms with Crippen molar-refractivity contribution in [2.24, 2.45) is 5.73 Å². The molecular weight excluding hydrogens is 390 g/mol. The third-order valence-corrected chi connectivity index (χ3v) is 5.71. The standard InChI is InChI=1S/C24H23N5O2/c25-23(30)19-13-18(10-9-17(19)12-16-6-2-1-3-7-16)21-22-24(27-14-26-21)29(15-28-22)20-8-4-5-11-31-20/h1-3,6-7,9-10,13-15,20H,4-5,8,11-12H2,(H2,25,30). The molecule has 0 aliphatic carbocycles. The minimum atomic E-state index is -0.459. The quantitative estimate of drug-likeness (QED) is 0.536. The van der Waals surface area contributed by atoms with Gasteiger partial charge in [0.15, 0.2) is 5.65 Å². The van der Waals surface area contributed by atoms with Crippen molar-refractivity contribution in [3.05, 3.63) is 77.9 Å². The number of fused-ring (bicyclic) bond motifs is 1. The van der Waals surface area contributed by atoms with Gasteiger partial charge >= 0.3 is 0 Å². The lowest BCUT2D eigenvalue weighted by molar-refractivity contribution is -0.0298. The summed E-state index contributed by atoms with van der Waals surface area (Å²) < 4.78 is 7.87. The minimum Gasteiger partial charge on any atom is -0.366 e. The fraction of sp³-hybridized carbons (Fsp3) is 0.250. The largest absolute Gasteiger partial charge is 0.366 e. The van der Waals surface area contributed by atoms with Gasteiger partial charge in [0.05, 0.1) is 6.33 Å². The van der Waals surface area contributed by atoms with Crippen LogP contribution in [0.4, 0.5) is 0 Å². The van der Waals surface area contributed by atoms with Gasteiger partial charge in [0.25, 0.3) is 0 Å². The first-order chi connectivity index (χ1) is 15.2. The molecule has 1 fully saturated rings. The Morgan fingerprint density at radius 3 is 2.74 bits per heavy atom. The molecule has 2 N–H and O–H groups in total. The molecule has 156 valence electrons.